The van der Waals surface area contributed by atoms with Crippen molar-refractivity contribution in [3.8, 4) is 0 Å². The van der Waals surface area contributed by atoms with Crippen molar-refractivity contribution in [3.05, 3.63) is 17.7 Å². The molecule has 1 saturated heterocycles. The quantitative estimate of drug-likeness (QED) is 0.721. The first kappa shape index (κ1) is 9.36. The highest BCUT2D eigenvalue weighted by Gasteiger charge is 2.28. The second-order valence-corrected chi connectivity index (χ2v) is 4.51. The third kappa shape index (κ3) is 1.68. The minimum Gasteiger partial charge on any atom is -0.347 e. The highest BCUT2D eigenvalue weighted by Crippen LogP contribution is 2.26. The summed E-state index contributed by atoms with van der Waals surface area (Å²) >= 11 is 0. The van der Waals surface area contributed by atoms with E-state index in [1.807, 2.05) is 6.33 Å². The lowest BCUT2D eigenvalue weighted by Crippen LogP contribution is -2.42. The van der Waals surface area contributed by atoms with Gasteiger partial charge >= 0.3 is 0 Å². The third-order valence-electron chi connectivity index (χ3n) is 3.54. The fraction of sp³-hybridized carbons (Fsp3) is 0.727. The molecule has 1 atom stereocenters. The number of nitrogens with zero attached hydrogens (tertiary/aromatic N) is 2. The molecule has 2 aliphatic heterocycles. The van der Waals surface area contributed by atoms with E-state index in [4.69, 9.17) is 0 Å². The van der Waals surface area contributed by atoms with Gasteiger partial charge in [-0.25, -0.2) is 4.98 Å². The maximum atomic E-state index is 4.48. The van der Waals surface area contributed by atoms with Crippen LogP contribution in [0.15, 0.2) is 6.33 Å². The summed E-state index contributed by atoms with van der Waals surface area (Å²) in [5.74, 6) is 0. The SMILES string of the molecule is c1nc2c([nH]1)CNCC2N1CCCCC1. The van der Waals surface area contributed by atoms with Crippen molar-refractivity contribution in [2.45, 2.75) is 31.8 Å². The highest BCUT2D eigenvalue weighted by molar-refractivity contribution is 5.19. The summed E-state index contributed by atoms with van der Waals surface area (Å²) < 4.78 is 0. The maximum Gasteiger partial charge on any atom is 0.0926 e. The molecule has 0 saturated carbocycles. The zero-order valence-electron chi connectivity index (χ0n) is 9.00. The number of rotatable bonds is 1. The van der Waals surface area contributed by atoms with Crippen LogP contribution in [0.3, 0.4) is 0 Å². The third-order valence-corrected chi connectivity index (χ3v) is 3.54. The van der Waals surface area contributed by atoms with Crippen LogP contribution < -0.4 is 5.32 Å². The minimum atomic E-state index is 0.500. The van der Waals surface area contributed by atoms with E-state index in [0.717, 1.165) is 13.1 Å². The molecule has 4 nitrogen and oxygen atoms in total. The minimum absolute atomic E-state index is 0.500. The number of nitrogens with one attached hydrogen (secondary N) is 2. The second-order valence-electron chi connectivity index (χ2n) is 4.51. The van der Waals surface area contributed by atoms with Gasteiger partial charge < -0.3 is 10.3 Å². The standard InChI is InChI=1S/C11H18N4/c1-2-4-15(5-3-1)10-7-12-6-9-11(10)14-8-13-9/h8,10,12H,1-7H2,(H,13,14). The Morgan fingerprint density at radius 2 is 2.13 bits per heavy atom. The summed E-state index contributed by atoms with van der Waals surface area (Å²) in [5, 5.41) is 3.46. The highest BCUT2D eigenvalue weighted by atomic mass is 15.2. The Kier molecular flexibility index (Phi) is 2.46. The van der Waals surface area contributed by atoms with Crippen molar-refractivity contribution < 1.29 is 0 Å². The van der Waals surface area contributed by atoms with Gasteiger partial charge in [0.15, 0.2) is 0 Å². The Hall–Kier alpha value is -0.870. The molecule has 0 bridgehead atoms. The molecule has 15 heavy (non-hydrogen) atoms. The van der Waals surface area contributed by atoms with Crippen molar-refractivity contribution in [2.24, 2.45) is 0 Å². The van der Waals surface area contributed by atoms with Crippen LogP contribution in [0.25, 0.3) is 0 Å². The van der Waals surface area contributed by atoms with Crippen molar-refractivity contribution in [2.75, 3.05) is 19.6 Å². The molecule has 0 radical (unpaired) electrons. The van der Waals surface area contributed by atoms with Gasteiger partial charge in [-0.2, -0.15) is 0 Å². The van der Waals surface area contributed by atoms with Crippen molar-refractivity contribution in [3.63, 3.8) is 0 Å². The van der Waals surface area contributed by atoms with Gasteiger partial charge in [-0.3, -0.25) is 4.90 Å². The lowest BCUT2D eigenvalue weighted by molar-refractivity contribution is 0.151. The Labute approximate surface area is 90.1 Å². The van der Waals surface area contributed by atoms with Crippen LogP contribution in [0, 0.1) is 0 Å². The lowest BCUT2D eigenvalue weighted by atomic mass is 10.0. The number of imidazole rings is 1. The van der Waals surface area contributed by atoms with E-state index in [9.17, 15) is 0 Å². The molecular formula is C11H18N4. The first-order valence-electron chi connectivity index (χ1n) is 5.92. The number of fused-ring (bicyclic) bond motifs is 1. The molecule has 3 rings (SSSR count). The normalized spacial score (nSPS) is 27.6. The lowest BCUT2D eigenvalue weighted by Gasteiger charge is -2.36. The Bertz CT molecular complexity index is 327. The van der Waals surface area contributed by atoms with E-state index in [-0.39, 0.29) is 0 Å². The van der Waals surface area contributed by atoms with Crippen molar-refractivity contribution in [1.82, 2.24) is 20.2 Å². The number of hydrogen-bond acceptors (Lipinski definition) is 3. The monoisotopic (exact) mass is 206 g/mol. The molecule has 2 aliphatic rings. The Balaban J connectivity index is 1.82. The number of hydrogen-bond donors (Lipinski definition) is 2. The summed E-state index contributed by atoms with van der Waals surface area (Å²) in [4.78, 5) is 10.3. The number of aromatic amines is 1. The summed E-state index contributed by atoms with van der Waals surface area (Å²) in [6.45, 7) is 4.47. The fourth-order valence-electron chi connectivity index (χ4n) is 2.72. The molecule has 1 unspecified atom stereocenters. The molecule has 82 valence electrons. The van der Waals surface area contributed by atoms with E-state index in [0.29, 0.717) is 6.04 Å². The Morgan fingerprint density at radius 1 is 1.27 bits per heavy atom. The van der Waals surface area contributed by atoms with E-state index in [1.165, 1.54) is 43.7 Å². The molecular weight excluding hydrogens is 188 g/mol. The first-order valence-corrected chi connectivity index (χ1v) is 5.92. The van der Waals surface area contributed by atoms with E-state index in [1.54, 1.807) is 0 Å². The average Bonchev–Trinajstić information content (AvgIpc) is 2.78. The molecule has 3 heterocycles. The topological polar surface area (TPSA) is 44.0 Å². The molecule has 0 amide bonds. The predicted octanol–water partition coefficient (Wildman–Crippen LogP) is 1.04. The summed E-state index contributed by atoms with van der Waals surface area (Å²) in [7, 11) is 0. The van der Waals surface area contributed by atoms with Crippen LogP contribution in [-0.4, -0.2) is 34.5 Å². The van der Waals surface area contributed by atoms with Crippen LogP contribution in [0.1, 0.15) is 36.7 Å². The average molecular weight is 206 g/mol. The fourth-order valence-corrected chi connectivity index (χ4v) is 2.72. The van der Waals surface area contributed by atoms with Gasteiger partial charge in [-0.05, 0) is 25.9 Å². The smallest absolute Gasteiger partial charge is 0.0926 e. The van der Waals surface area contributed by atoms with Gasteiger partial charge in [0.25, 0.3) is 0 Å². The van der Waals surface area contributed by atoms with E-state index >= 15 is 0 Å². The predicted molar refractivity (Wildman–Crippen MR) is 58.5 cm³/mol. The molecule has 1 aromatic heterocycles. The molecule has 2 N–H and O–H groups in total. The van der Waals surface area contributed by atoms with Gasteiger partial charge in [0.2, 0.25) is 0 Å². The van der Waals surface area contributed by atoms with Crippen LogP contribution in [0.5, 0.6) is 0 Å². The van der Waals surface area contributed by atoms with E-state index < -0.39 is 0 Å². The molecule has 1 aromatic rings. The summed E-state index contributed by atoms with van der Waals surface area (Å²) in [6, 6.07) is 0.500. The van der Waals surface area contributed by atoms with E-state index in [2.05, 4.69) is 20.2 Å². The zero-order valence-corrected chi connectivity index (χ0v) is 9.00. The van der Waals surface area contributed by atoms with Crippen molar-refractivity contribution in [1.29, 1.82) is 0 Å². The largest absolute Gasteiger partial charge is 0.347 e. The molecule has 0 spiro atoms. The maximum absolute atomic E-state index is 4.48. The first-order chi connectivity index (χ1) is 7.45. The molecule has 1 fully saturated rings. The summed E-state index contributed by atoms with van der Waals surface area (Å²) in [6.07, 6.45) is 5.91. The van der Waals surface area contributed by atoms with Gasteiger partial charge in [0, 0.05) is 13.1 Å². The van der Waals surface area contributed by atoms with Crippen LogP contribution in [0.4, 0.5) is 0 Å². The van der Waals surface area contributed by atoms with Gasteiger partial charge in [-0.1, -0.05) is 6.42 Å². The molecule has 0 aromatic carbocycles. The number of likely N-dealkylation sites (tertiary alicyclic amines) is 1. The Morgan fingerprint density at radius 3 is 3.00 bits per heavy atom. The van der Waals surface area contributed by atoms with Gasteiger partial charge in [-0.15, -0.1) is 0 Å². The zero-order chi connectivity index (χ0) is 10.1. The van der Waals surface area contributed by atoms with Crippen LogP contribution in [-0.2, 0) is 6.54 Å². The van der Waals surface area contributed by atoms with Gasteiger partial charge in [0.05, 0.1) is 23.8 Å². The number of aromatic nitrogens is 2. The molecule has 4 heteroatoms. The number of H-pyrrole nitrogens is 1. The van der Waals surface area contributed by atoms with Crippen LogP contribution >= 0.6 is 0 Å². The second kappa shape index (κ2) is 3.94. The van der Waals surface area contributed by atoms with Crippen LogP contribution in [0.2, 0.25) is 0 Å². The number of piperidine rings is 1. The van der Waals surface area contributed by atoms with Gasteiger partial charge in [0.1, 0.15) is 0 Å². The molecule has 0 aliphatic carbocycles. The van der Waals surface area contributed by atoms with Crippen molar-refractivity contribution >= 4 is 0 Å². The summed E-state index contributed by atoms with van der Waals surface area (Å²) in [5.41, 5.74) is 2.55.